The van der Waals surface area contributed by atoms with Crippen LogP contribution >= 0.6 is 0 Å². The molecular formula is C18H22N2O2. The van der Waals surface area contributed by atoms with Gasteiger partial charge in [0.05, 0.1) is 24.3 Å². The summed E-state index contributed by atoms with van der Waals surface area (Å²) >= 11 is 0. The third-order valence-corrected chi connectivity index (χ3v) is 4.12. The topological polar surface area (TPSA) is 59.0 Å². The predicted octanol–water partition coefficient (Wildman–Crippen LogP) is 4.29. The summed E-state index contributed by atoms with van der Waals surface area (Å²) in [6.45, 7) is 10.4. The van der Waals surface area contributed by atoms with Crippen molar-refractivity contribution in [1.82, 2.24) is 5.16 Å². The molecule has 4 nitrogen and oxygen atoms in total. The molecule has 0 aliphatic carbocycles. The molecule has 1 atom stereocenters. The van der Waals surface area contributed by atoms with Crippen molar-refractivity contribution in [3.63, 3.8) is 0 Å². The van der Waals surface area contributed by atoms with Crippen molar-refractivity contribution in [2.75, 3.05) is 6.61 Å². The summed E-state index contributed by atoms with van der Waals surface area (Å²) in [5.41, 5.74) is 5.17. The molecular weight excluding hydrogens is 276 g/mol. The van der Waals surface area contributed by atoms with E-state index in [4.69, 9.17) is 9.26 Å². The molecule has 0 fully saturated rings. The van der Waals surface area contributed by atoms with E-state index in [-0.39, 0.29) is 5.92 Å². The van der Waals surface area contributed by atoms with E-state index in [0.717, 1.165) is 28.1 Å². The van der Waals surface area contributed by atoms with Gasteiger partial charge in [-0.3, -0.25) is 0 Å². The Morgan fingerprint density at radius 1 is 1.18 bits per heavy atom. The van der Waals surface area contributed by atoms with Gasteiger partial charge in [0.2, 0.25) is 0 Å². The summed E-state index contributed by atoms with van der Waals surface area (Å²) in [5.74, 6) is 1.39. The Bertz CT molecular complexity index is 691. The van der Waals surface area contributed by atoms with Crippen LogP contribution in [0.4, 0.5) is 0 Å². The number of nitrogens with zero attached hydrogens (tertiary/aromatic N) is 2. The molecule has 4 heteroatoms. The highest BCUT2D eigenvalue weighted by Gasteiger charge is 2.20. The Balaban J connectivity index is 2.08. The van der Waals surface area contributed by atoms with Crippen LogP contribution in [-0.4, -0.2) is 11.8 Å². The number of aryl methyl sites for hydroxylation is 4. The Hall–Kier alpha value is -2.28. The number of ether oxygens (including phenoxy) is 1. The van der Waals surface area contributed by atoms with Gasteiger partial charge in [0, 0.05) is 12.0 Å². The van der Waals surface area contributed by atoms with Crippen LogP contribution in [0.5, 0.6) is 5.75 Å². The predicted molar refractivity (Wildman–Crippen MR) is 85.1 cm³/mol. The Morgan fingerprint density at radius 2 is 1.86 bits per heavy atom. The van der Waals surface area contributed by atoms with Crippen molar-refractivity contribution in [1.29, 1.82) is 5.26 Å². The minimum absolute atomic E-state index is 0.253. The van der Waals surface area contributed by atoms with Crippen molar-refractivity contribution in [2.45, 2.75) is 47.0 Å². The van der Waals surface area contributed by atoms with Crippen LogP contribution < -0.4 is 4.74 Å². The van der Waals surface area contributed by atoms with E-state index >= 15 is 0 Å². The molecule has 0 N–H and O–H groups in total. The first-order valence-electron chi connectivity index (χ1n) is 7.47. The summed E-state index contributed by atoms with van der Waals surface area (Å²) in [6.07, 6.45) is 0.617. The third-order valence-electron chi connectivity index (χ3n) is 4.12. The summed E-state index contributed by atoms with van der Waals surface area (Å²) in [6, 6.07) is 6.49. The van der Waals surface area contributed by atoms with Gasteiger partial charge in [0.15, 0.2) is 0 Å². The van der Waals surface area contributed by atoms with Crippen molar-refractivity contribution >= 4 is 0 Å². The molecule has 1 heterocycles. The number of rotatable bonds is 5. The zero-order valence-corrected chi connectivity index (χ0v) is 13.9. The van der Waals surface area contributed by atoms with E-state index in [1.807, 2.05) is 20.8 Å². The van der Waals surface area contributed by atoms with Gasteiger partial charge in [-0.25, -0.2) is 0 Å². The second-order valence-corrected chi connectivity index (χ2v) is 5.71. The SMILES string of the molecule is Cc1ccc(C)c(OCCC(C#N)c2c(C)noc2C)c1C. The molecule has 1 unspecified atom stereocenters. The normalized spacial score (nSPS) is 12.0. The monoisotopic (exact) mass is 298 g/mol. The Kier molecular flexibility index (Phi) is 4.87. The highest BCUT2D eigenvalue weighted by atomic mass is 16.5. The number of hydrogen-bond acceptors (Lipinski definition) is 4. The molecule has 116 valence electrons. The minimum Gasteiger partial charge on any atom is -0.493 e. The van der Waals surface area contributed by atoms with Crippen LogP contribution in [0.15, 0.2) is 16.7 Å². The molecule has 0 amide bonds. The van der Waals surface area contributed by atoms with Crippen LogP contribution in [0.1, 0.15) is 46.0 Å². The van der Waals surface area contributed by atoms with E-state index in [9.17, 15) is 5.26 Å². The smallest absolute Gasteiger partial charge is 0.138 e. The van der Waals surface area contributed by atoms with Crippen LogP contribution in [0.3, 0.4) is 0 Å². The second kappa shape index (κ2) is 6.65. The van der Waals surface area contributed by atoms with Gasteiger partial charge < -0.3 is 9.26 Å². The van der Waals surface area contributed by atoms with Gasteiger partial charge in [0.1, 0.15) is 11.5 Å². The van der Waals surface area contributed by atoms with Gasteiger partial charge >= 0.3 is 0 Å². The lowest BCUT2D eigenvalue weighted by molar-refractivity contribution is 0.301. The molecule has 0 saturated heterocycles. The van der Waals surface area contributed by atoms with E-state index in [2.05, 4.69) is 37.2 Å². The van der Waals surface area contributed by atoms with Crippen LogP contribution in [-0.2, 0) is 0 Å². The van der Waals surface area contributed by atoms with Crippen molar-refractivity contribution < 1.29 is 9.26 Å². The van der Waals surface area contributed by atoms with Crippen molar-refractivity contribution in [3.8, 4) is 11.8 Å². The molecule has 0 aliphatic rings. The van der Waals surface area contributed by atoms with Crippen LogP contribution in [0.25, 0.3) is 0 Å². The fourth-order valence-electron chi connectivity index (χ4n) is 2.69. The number of benzene rings is 1. The van der Waals surface area contributed by atoms with E-state index in [0.29, 0.717) is 18.8 Å². The van der Waals surface area contributed by atoms with Gasteiger partial charge in [-0.1, -0.05) is 17.3 Å². The first-order valence-corrected chi connectivity index (χ1v) is 7.47. The van der Waals surface area contributed by atoms with Gasteiger partial charge in [-0.05, 0) is 51.3 Å². The fraction of sp³-hybridized carbons (Fsp3) is 0.444. The quantitative estimate of drug-likeness (QED) is 0.826. The standard InChI is InChI=1S/C18H22N2O2/c1-11-6-7-12(2)18(13(11)3)21-9-8-16(10-19)17-14(4)20-22-15(17)5/h6-7,16H,8-9H2,1-5H3. The highest BCUT2D eigenvalue weighted by Crippen LogP contribution is 2.28. The lowest BCUT2D eigenvalue weighted by atomic mass is 9.96. The van der Waals surface area contributed by atoms with Crippen LogP contribution in [0, 0.1) is 45.9 Å². The molecule has 2 rings (SSSR count). The maximum absolute atomic E-state index is 9.42. The molecule has 1 aromatic heterocycles. The lowest BCUT2D eigenvalue weighted by Gasteiger charge is -2.15. The van der Waals surface area contributed by atoms with Crippen molar-refractivity contribution in [3.05, 3.63) is 45.8 Å². The summed E-state index contributed by atoms with van der Waals surface area (Å²) < 4.78 is 11.1. The molecule has 0 aliphatic heterocycles. The Labute approximate surface area is 131 Å². The second-order valence-electron chi connectivity index (χ2n) is 5.71. The number of aromatic nitrogens is 1. The zero-order valence-electron chi connectivity index (χ0n) is 13.9. The molecule has 0 radical (unpaired) electrons. The summed E-state index contributed by atoms with van der Waals surface area (Å²) in [4.78, 5) is 0. The highest BCUT2D eigenvalue weighted by molar-refractivity contribution is 5.44. The molecule has 22 heavy (non-hydrogen) atoms. The molecule has 1 aromatic carbocycles. The van der Waals surface area contributed by atoms with Gasteiger partial charge in [-0.2, -0.15) is 5.26 Å². The average molecular weight is 298 g/mol. The van der Waals surface area contributed by atoms with E-state index in [1.165, 1.54) is 5.56 Å². The first kappa shape index (κ1) is 16.1. The minimum atomic E-state index is -0.253. The largest absolute Gasteiger partial charge is 0.493 e. The maximum atomic E-state index is 9.42. The van der Waals surface area contributed by atoms with Crippen molar-refractivity contribution in [2.24, 2.45) is 0 Å². The number of hydrogen-bond donors (Lipinski definition) is 0. The van der Waals surface area contributed by atoms with E-state index in [1.54, 1.807) is 0 Å². The maximum Gasteiger partial charge on any atom is 0.138 e. The molecule has 0 bridgehead atoms. The zero-order chi connectivity index (χ0) is 16.3. The van der Waals surface area contributed by atoms with Crippen LogP contribution in [0.2, 0.25) is 0 Å². The average Bonchev–Trinajstić information content (AvgIpc) is 2.82. The first-order chi connectivity index (χ1) is 10.5. The van der Waals surface area contributed by atoms with Gasteiger partial charge in [0.25, 0.3) is 0 Å². The lowest BCUT2D eigenvalue weighted by Crippen LogP contribution is -2.07. The summed E-state index contributed by atoms with van der Waals surface area (Å²) in [7, 11) is 0. The molecule has 2 aromatic rings. The van der Waals surface area contributed by atoms with E-state index < -0.39 is 0 Å². The summed E-state index contributed by atoms with van der Waals surface area (Å²) in [5, 5.41) is 13.3. The molecule has 0 saturated carbocycles. The third kappa shape index (κ3) is 3.14. The Morgan fingerprint density at radius 3 is 2.45 bits per heavy atom. The number of nitriles is 1. The van der Waals surface area contributed by atoms with Gasteiger partial charge in [-0.15, -0.1) is 0 Å². The fourth-order valence-corrected chi connectivity index (χ4v) is 2.69. The molecule has 0 spiro atoms.